The number of aromatic nitrogens is 1. The molecule has 1 aliphatic heterocycles. The fourth-order valence-electron chi connectivity index (χ4n) is 4.68. The minimum absolute atomic E-state index is 0.148. The number of amides is 1. The molecule has 1 aromatic heterocycles. The van der Waals surface area contributed by atoms with Gasteiger partial charge in [-0.25, -0.2) is 0 Å². The van der Waals surface area contributed by atoms with Gasteiger partial charge in [-0.1, -0.05) is 32.9 Å². The van der Waals surface area contributed by atoms with Gasteiger partial charge in [0.1, 0.15) is 0 Å². The number of fused-ring (bicyclic) bond motifs is 2. The van der Waals surface area contributed by atoms with Crippen molar-refractivity contribution in [2.75, 3.05) is 19.8 Å². The summed E-state index contributed by atoms with van der Waals surface area (Å²) in [5.41, 5.74) is 3.84. The van der Waals surface area contributed by atoms with Gasteiger partial charge in [0, 0.05) is 40.9 Å². The van der Waals surface area contributed by atoms with Gasteiger partial charge < -0.3 is 15.2 Å². The van der Waals surface area contributed by atoms with Crippen LogP contribution in [0.4, 0.5) is 0 Å². The third kappa shape index (κ3) is 2.85. The number of piperidine rings is 1. The Bertz CT molecular complexity index is 851. The number of likely N-dealkylation sites (N-methyl/N-ethyl adjacent to an activating group) is 1. The molecule has 3 atom stereocenters. The first kappa shape index (κ1) is 17.9. The zero-order valence-electron chi connectivity index (χ0n) is 16.3. The molecule has 2 aromatic rings. The highest BCUT2D eigenvalue weighted by molar-refractivity contribution is 7.98. The largest absolute Gasteiger partial charge is 0.352 e. The number of aromatic amines is 1. The number of carbonyl (C=O) groups is 1. The van der Waals surface area contributed by atoms with Gasteiger partial charge in [0.25, 0.3) is 0 Å². The zero-order valence-corrected chi connectivity index (χ0v) is 17.2. The Hall–Kier alpha value is -1.46. The van der Waals surface area contributed by atoms with Crippen molar-refractivity contribution in [3.05, 3.63) is 29.3 Å². The van der Waals surface area contributed by atoms with E-state index < -0.39 is 0 Å². The average molecular weight is 372 g/mol. The number of thioether (sulfide) groups is 1. The van der Waals surface area contributed by atoms with Crippen molar-refractivity contribution in [3.63, 3.8) is 0 Å². The number of rotatable bonds is 2. The molecule has 2 aliphatic rings. The van der Waals surface area contributed by atoms with Crippen molar-refractivity contribution < 1.29 is 4.79 Å². The van der Waals surface area contributed by atoms with Gasteiger partial charge in [-0.05, 0) is 43.3 Å². The van der Waals surface area contributed by atoms with Crippen LogP contribution in [0.5, 0.6) is 0 Å². The van der Waals surface area contributed by atoms with Crippen molar-refractivity contribution in [2.24, 2.45) is 5.41 Å². The van der Waals surface area contributed by atoms with Crippen LogP contribution in [0, 0.1) is 5.41 Å². The average Bonchev–Trinajstić information content (AvgIpc) is 2.94. The maximum Gasteiger partial charge on any atom is 0.225 e. The van der Waals surface area contributed by atoms with Gasteiger partial charge in [0.2, 0.25) is 5.91 Å². The van der Waals surface area contributed by atoms with E-state index >= 15 is 0 Å². The Kier molecular flexibility index (Phi) is 4.35. The molecule has 5 heteroatoms. The predicted octanol–water partition coefficient (Wildman–Crippen LogP) is 3.76. The monoisotopic (exact) mass is 371 g/mol. The number of H-pyrrole nitrogens is 1. The van der Waals surface area contributed by atoms with Crippen LogP contribution in [0.25, 0.3) is 10.9 Å². The number of hydrogen-bond acceptors (Lipinski definition) is 3. The van der Waals surface area contributed by atoms with Crippen molar-refractivity contribution in [2.45, 2.75) is 56.6 Å². The van der Waals surface area contributed by atoms with Gasteiger partial charge in [-0.3, -0.25) is 4.79 Å². The number of nitrogens with one attached hydrogen (secondary N) is 2. The predicted molar refractivity (Wildman–Crippen MR) is 109 cm³/mol. The number of benzene rings is 1. The van der Waals surface area contributed by atoms with E-state index in [1.165, 1.54) is 27.1 Å². The zero-order chi connectivity index (χ0) is 18.6. The van der Waals surface area contributed by atoms with E-state index in [4.69, 9.17) is 0 Å². The van der Waals surface area contributed by atoms with Crippen molar-refractivity contribution in [1.82, 2.24) is 15.2 Å². The minimum atomic E-state index is -0.344. The summed E-state index contributed by atoms with van der Waals surface area (Å²) in [7, 11) is 2.21. The second kappa shape index (κ2) is 6.31. The molecule has 4 nitrogen and oxygen atoms in total. The lowest BCUT2D eigenvalue weighted by molar-refractivity contribution is -0.129. The lowest BCUT2D eigenvalue weighted by Gasteiger charge is -2.46. The number of likely N-dealkylation sites (tertiary alicyclic amines) is 1. The summed E-state index contributed by atoms with van der Waals surface area (Å²) in [5.74, 6) is 0.621. The molecule has 4 rings (SSSR count). The minimum Gasteiger partial charge on any atom is -0.352 e. The third-order valence-electron chi connectivity index (χ3n) is 6.03. The molecule has 2 heterocycles. The van der Waals surface area contributed by atoms with Gasteiger partial charge >= 0.3 is 0 Å². The van der Waals surface area contributed by atoms with E-state index in [1.807, 2.05) is 32.5 Å². The highest BCUT2D eigenvalue weighted by Gasteiger charge is 2.41. The van der Waals surface area contributed by atoms with Crippen molar-refractivity contribution in [1.29, 1.82) is 0 Å². The molecule has 0 spiro atoms. The fraction of sp³-hybridized carbons (Fsp3) is 0.571. The Balaban J connectivity index is 1.69. The van der Waals surface area contributed by atoms with Crippen LogP contribution in [-0.2, 0) is 11.2 Å². The Labute approximate surface area is 160 Å². The Morgan fingerprint density at radius 2 is 2.12 bits per heavy atom. The number of nitrogens with zero attached hydrogens (tertiary/aromatic N) is 1. The van der Waals surface area contributed by atoms with E-state index in [0.29, 0.717) is 12.0 Å². The first-order valence-corrected chi connectivity index (χ1v) is 10.7. The maximum absolute atomic E-state index is 12.5. The van der Waals surface area contributed by atoms with Crippen molar-refractivity contribution >= 4 is 28.6 Å². The highest BCUT2D eigenvalue weighted by Crippen LogP contribution is 2.45. The maximum atomic E-state index is 12.5. The molecule has 0 bridgehead atoms. The van der Waals surface area contributed by atoms with Gasteiger partial charge in [-0.15, -0.1) is 11.8 Å². The lowest BCUT2D eigenvalue weighted by atomic mass is 9.74. The molecule has 26 heavy (non-hydrogen) atoms. The third-order valence-corrected chi connectivity index (χ3v) is 6.79. The summed E-state index contributed by atoms with van der Waals surface area (Å²) in [6.45, 7) is 6.87. The summed E-state index contributed by atoms with van der Waals surface area (Å²) in [4.78, 5) is 18.6. The molecule has 2 N–H and O–H groups in total. The quantitative estimate of drug-likeness (QED) is 0.790. The number of hydrogen-bond donors (Lipinski definition) is 2. The Morgan fingerprint density at radius 3 is 2.81 bits per heavy atom. The van der Waals surface area contributed by atoms with Crippen molar-refractivity contribution in [3.8, 4) is 0 Å². The fourth-order valence-corrected chi connectivity index (χ4v) is 5.32. The summed E-state index contributed by atoms with van der Waals surface area (Å²) in [5, 5.41) is 6.04. The molecule has 1 aliphatic carbocycles. The first-order chi connectivity index (χ1) is 12.3. The molecular formula is C21H29N3OS. The smallest absolute Gasteiger partial charge is 0.225 e. The van der Waals surface area contributed by atoms with Crippen LogP contribution < -0.4 is 5.32 Å². The van der Waals surface area contributed by atoms with Crippen LogP contribution in [0.2, 0.25) is 0 Å². The second-order valence-corrected chi connectivity index (χ2v) is 9.70. The molecule has 0 unspecified atom stereocenters. The standard InChI is InChI=1S/C21H29N3OS/c1-21(2,3)20(25)22-12-9-14-13-7-6-8-16-18(13)15(19(23-16)26-5)10-17(14)24(4)11-12/h6-8,12,14,17,23H,9-11H2,1-5H3,(H,22,25)/t12-,14+,17+/m0/s1. The van der Waals surface area contributed by atoms with E-state index in [2.05, 4.69) is 46.7 Å². The van der Waals surface area contributed by atoms with E-state index in [0.717, 1.165) is 19.4 Å². The van der Waals surface area contributed by atoms with Crippen LogP contribution >= 0.6 is 11.8 Å². The SMILES string of the molecule is CSc1[nH]c2cccc3c2c1C[C@@H]1[C@@H]3C[C@H](NC(=O)C(C)(C)C)CN1C. The molecule has 1 amide bonds. The molecule has 0 radical (unpaired) electrons. The second-order valence-electron chi connectivity index (χ2n) is 8.88. The highest BCUT2D eigenvalue weighted by atomic mass is 32.2. The summed E-state index contributed by atoms with van der Waals surface area (Å²) < 4.78 is 0. The van der Waals surface area contributed by atoms with Crippen LogP contribution in [0.15, 0.2) is 23.2 Å². The summed E-state index contributed by atoms with van der Waals surface area (Å²) >= 11 is 1.81. The number of carbonyl (C=O) groups excluding carboxylic acids is 1. The van der Waals surface area contributed by atoms with Crippen LogP contribution in [0.3, 0.4) is 0 Å². The van der Waals surface area contributed by atoms with Crippen LogP contribution in [0.1, 0.15) is 44.2 Å². The molecular weight excluding hydrogens is 342 g/mol. The molecule has 1 saturated heterocycles. The van der Waals surface area contributed by atoms with Gasteiger partial charge in [0.15, 0.2) is 0 Å². The summed E-state index contributed by atoms with van der Waals surface area (Å²) in [6.07, 6.45) is 4.26. The topological polar surface area (TPSA) is 48.1 Å². The molecule has 0 saturated carbocycles. The molecule has 1 aromatic carbocycles. The first-order valence-electron chi connectivity index (χ1n) is 9.48. The normalized spacial score (nSPS) is 26.0. The van der Waals surface area contributed by atoms with E-state index in [-0.39, 0.29) is 17.4 Å². The van der Waals surface area contributed by atoms with Crippen LogP contribution in [-0.4, -0.2) is 47.7 Å². The molecule has 1 fully saturated rings. The Morgan fingerprint density at radius 1 is 1.35 bits per heavy atom. The van der Waals surface area contributed by atoms with Gasteiger partial charge in [-0.2, -0.15) is 0 Å². The van der Waals surface area contributed by atoms with E-state index in [1.54, 1.807) is 0 Å². The summed E-state index contributed by atoms with van der Waals surface area (Å²) in [6, 6.07) is 7.37. The van der Waals surface area contributed by atoms with Gasteiger partial charge in [0.05, 0.1) is 5.03 Å². The molecule has 140 valence electrons. The van der Waals surface area contributed by atoms with E-state index in [9.17, 15) is 4.79 Å². The lowest BCUT2D eigenvalue weighted by Crippen LogP contribution is -2.56.